The van der Waals surface area contributed by atoms with Crippen LogP contribution >= 0.6 is 24.0 Å². The van der Waals surface area contributed by atoms with E-state index < -0.39 is 0 Å². The summed E-state index contributed by atoms with van der Waals surface area (Å²) in [7, 11) is 0. The van der Waals surface area contributed by atoms with E-state index in [2.05, 4.69) is 54.8 Å². The summed E-state index contributed by atoms with van der Waals surface area (Å²) in [6.07, 6.45) is 3.66. The zero-order valence-corrected chi connectivity index (χ0v) is 18.2. The lowest BCUT2D eigenvalue weighted by molar-refractivity contribution is 0.111. The van der Waals surface area contributed by atoms with Gasteiger partial charge in [0.15, 0.2) is 5.96 Å². The summed E-state index contributed by atoms with van der Waals surface area (Å²) in [4.78, 5) is 9.57. The zero-order valence-electron chi connectivity index (χ0n) is 15.9. The lowest BCUT2D eigenvalue weighted by Crippen LogP contribution is -2.50. The number of rotatable bonds is 3. The van der Waals surface area contributed by atoms with Crippen LogP contribution in [0.4, 0.5) is 0 Å². The normalized spacial score (nSPS) is 22.3. The lowest BCUT2D eigenvalue weighted by Gasteiger charge is -2.41. The molecule has 25 heavy (non-hydrogen) atoms. The number of piperidine rings is 1. The van der Waals surface area contributed by atoms with E-state index in [9.17, 15) is 0 Å². The van der Waals surface area contributed by atoms with Crippen molar-refractivity contribution in [2.45, 2.75) is 52.1 Å². The molecule has 1 atom stereocenters. The van der Waals surface area contributed by atoms with Crippen molar-refractivity contribution in [3.05, 3.63) is 35.4 Å². The number of guanidine groups is 1. The molecule has 2 N–H and O–H groups in total. The molecule has 0 aliphatic carbocycles. The van der Waals surface area contributed by atoms with Gasteiger partial charge in [0.25, 0.3) is 0 Å². The van der Waals surface area contributed by atoms with Crippen LogP contribution in [0, 0.1) is 5.92 Å². The SMILES string of the molecule is CC1CCCN(C(N)=NCC(C)(C)N2CCc3ccccc3C2)C1.I. The molecule has 5 heteroatoms. The number of aliphatic imine (C=N–C) groups is 1. The Morgan fingerprint density at radius 2 is 1.96 bits per heavy atom. The van der Waals surface area contributed by atoms with Gasteiger partial charge in [-0.2, -0.15) is 0 Å². The summed E-state index contributed by atoms with van der Waals surface area (Å²) in [5.41, 5.74) is 9.26. The minimum atomic E-state index is 0. The Balaban J connectivity index is 0.00000225. The van der Waals surface area contributed by atoms with E-state index in [4.69, 9.17) is 10.7 Å². The van der Waals surface area contributed by atoms with Crippen LogP contribution in [0.5, 0.6) is 0 Å². The van der Waals surface area contributed by atoms with Gasteiger partial charge in [0.1, 0.15) is 0 Å². The molecule has 140 valence electrons. The van der Waals surface area contributed by atoms with Crippen molar-refractivity contribution in [2.24, 2.45) is 16.6 Å². The topological polar surface area (TPSA) is 44.9 Å². The van der Waals surface area contributed by atoms with Gasteiger partial charge >= 0.3 is 0 Å². The maximum Gasteiger partial charge on any atom is 0.191 e. The fraction of sp³-hybridized carbons (Fsp3) is 0.650. The molecule has 4 nitrogen and oxygen atoms in total. The van der Waals surface area contributed by atoms with Gasteiger partial charge in [0.2, 0.25) is 0 Å². The van der Waals surface area contributed by atoms with Crippen molar-refractivity contribution < 1.29 is 0 Å². The van der Waals surface area contributed by atoms with Crippen molar-refractivity contribution in [3.63, 3.8) is 0 Å². The number of hydrogen-bond acceptors (Lipinski definition) is 2. The molecule has 2 aliphatic heterocycles. The lowest BCUT2D eigenvalue weighted by atomic mass is 9.94. The van der Waals surface area contributed by atoms with Crippen molar-refractivity contribution >= 4 is 29.9 Å². The highest BCUT2D eigenvalue weighted by Crippen LogP contribution is 2.25. The van der Waals surface area contributed by atoms with Crippen LogP contribution in [0.15, 0.2) is 29.3 Å². The van der Waals surface area contributed by atoms with Crippen LogP contribution in [0.3, 0.4) is 0 Å². The summed E-state index contributed by atoms with van der Waals surface area (Å²) in [5, 5.41) is 0. The largest absolute Gasteiger partial charge is 0.370 e. The number of nitrogens with zero attached hydrogens (tertiary/aromatic N) is 3. The second-order valence-electron chi connectivity index (χ2n) is 8.12. The molecule has 0 radical (unpaired) electrons. The minimum Gasteiger partial charge on any atom is -0.370 e. The highest BCUT2D eigenvalue weighted by atomic mass is 127. The molecule has 0 bridgehead atoms. The third kappa shape index (κ3) is 5.09. The second kappa shape index (κ2) is 8.71. The van der Waals surface area contributed by atoms with E-state index in [1.54, 1.807) is 0 Å². The quantitative estimate of drug-likeness (QED) is 0.430. The predicted molar refractivity (Wildman–Crippen MR) is 117 cm³/mol. The highest BCUT2D eigenvalue weighted by molar-refractivity contribution is 14.0. The Labute approximate surface area is 169 Å². The van der Waals surface area contributed by atoms with E-state index in [1.807, 2.05) is 0 Å². The first kappa shape index (κ1) is 20.5. The van der Waals surface area contributed by atoms with Gasteiger partial charge in [-0.25, -0.2) is 0 Å². The highest BCUT2D eigenvalue weighted by Gasteiger charge is 2.30. The summed E-state index contributed by atoms with van der Waals surface area (Å²) < 4.78 is 0. The molecule has 1 fully saturated rings. The predicted octanol–water partition coefficient (Wildman–Crippen LogP) is 3.49. The van der Waals surface area contributed by atoms with Crippen LogP contribution in [-0.2, 0) is 13.0 Å². The molecule has 0 spiro atoms. The van der Waals surface area contributed by atoms with Crippen molar-refractivity contribution in [3.8, 4) is 0 Å². The number of benzene rings is 1. The van der Waals surface area contributed by atoms with Crippen LogP contribution in [0.2, 0.25) is 0 Å². The van der Waals surface area contributed by atoms with Crippen molar-refractivity contribution in [1.29, 1.82) is 0 Å². The molecular formula is C20H33IN4. The molecule has 1 aromatic carbocycles. The Morgan fingerprint density at radius 1 is 1.24 bits per heavy atom. The Bertz CT molecular complexity index is 599. The van der Waals surface area contributed by atoms with Gasteiger partial charge in [0, 0.05) is 31.7 Å². The third-order valence-electron chi connectivity index (χ3n) is 5.60. The third-order valence-corrected chi connectivity index (χ3v) is 5.60. The smallest absolute Gasteiger partial charge is 0.191 e. The molecule has 0 aromatic heterocycles. The average molecular weight is 456 g/mol. The fourth-order valence-electron chi connectivity index (χ4n) is 3.88. The van der Waals surface area contributed by atoms with Crippen molar-refractivity contribution in [1.82, 2.24) is 9.80 Å². The van der Waals surface area contributed by atoms with E-state index in [-0.39, 0.29) is 29.5 Å². The summed E-state index contributed by atoms with van der Waals surface area (Å²) in [6.45, 7) is 11.8. The molecule has 2 aliphatic rings. The zero-order chi connectivity index (χ0) is 17.2. The number of likely N-dealkylation sites (tertiary alicyclic amines) is 1. The maximum atomic E-state index is 6.28. The minimum absolute atomic E-state index is 0. The Kier molecular flexibility index (Phi) is 7.14. The molecule has 0 amide bonds. The summed E-state index contributed by atoms with van der Waals surface area (Å²) in [5.74, 6) is 1.45. The number of nitrogens with two attached hydrogens (primary N) is 1. The van der Waals surface area contributed by atoms with Crippen LogP contribution < -0.4 is 5.73 Å². The first-order valence-electron chi connectivity index (χ1n) is 9.32. The van der Waals surface area contributed by atoms with Gasteiger partial charge in [-0.05, 0) is 50.2 Å². The van der Waals surface area contributed by atoms with Crippen LogP contribution in [0.1, 0.15) is 44.7 Å². The van der Waals surface area contributed by atoms with E-state index >= 15 is 0 Å². The summed E-state index contributed by atoms with van der Waals surface area (Å²) in [6, 6.07) is 8.80. The van der Waals surface area contributed by atoms with Gasteiger partial charge in [0.05, 0.1) is 6.54 Å². The molecule has 1 unspecified atom stereocenters. The van der Waals surface area contributed by atoms with Gasteiger partial charge in [-0.15, -0.1) is 24.0 Å². The molecule has 1 saturated heterocycles. The van der Waals surface area contributed by atoms with Gasteiger partial charge in [-0.3, -0.25) is 9.89 Å². The van der Waals surface area contributed by atoms with Crippen LogP contribution in [-0.4, -0.2) is 47.5 Å². The fourth-order valence-corrected chi connectivity index (χ4v) is 3.88. The molecule has 3 rings (SSSR count). The molecule has 0 saturated carbocycles. The number of fused-ring (bicyclic) bond motifs is 1. The van der Waals surface area contributed by atoms with E-state index in [0.29, 0.717) is 0 Å². The van der Waals surface area contributed by atoms with Gasteiger partial charge in [-0.1, -0.05) is 31.2 Å². The monoisotopic (exact) mass is 456 g/mol. The van der Waals surface area contributed by atoms with Crippen LogP contribution in [0.25, 0.3) is 0 Å². The first-order valence-corrected chi connectivity index (χ1v) is 9.32. The number of hydrogen-bond donors (Lipinski definition) is 1. The van der Waals surface area contributed by atoms with Gasteiger partial charge < -0.3 is 10.6 Å². The first-order chi connectivity index (χ1) is 11.5. The Morgan fingerprint density at radius 3 is 2.68 bits per heavy atom. The van der Waals surface area contributed by atoms with E-state index in [1.165, 1.54) is 24.0 Å². The van der Waals surface area contributed by atoms with E-state index in [0.717, 1.165) is 51.0 Å². The maximum absolute atomic E-state index is 6.28. The Hall–Kier alpha value is -0.820. The standard InChI is InChI=1S/C20H32N4.HI/c1-16-7-6-11-23(13-16)19(21)22-15-20(2,3)24-12-10-17-8-4-5-9-18(17)14-24;/h4-5,8-9,16H,6-7,10-15H2,1-3H3,(H2,21,22);1H. The second-order valence-corrected chi connectivity index (χ2v) is 8.12. The van der Waals surface area contributed by atoms with Crippen molar-refractivity contribution in [2.75, 3.05) is 26.2 Å². The average Bonchev–Trinajstić information content (AvgIpc) is 2.59. The molecule has 2 heterocycles. The summed E-state index contributed by atoms with van der Waals surface area (Å²) >= 11 is 0. The molecule has 1 aromatic rings. The number of halogens is 1. The molecular weight excluding hydrogens is 423 g/mol.